The molecule has 1 rings (SSSR count). The number of anilines is 1. The van der Waals surface area contributed by atoms with Crippen molar-refractivity contribution in [3.05, 3.63) is 24.3 Å². The molecule has 0 aliphatic rings. The number of nitrogens with one attached hydrogen (secondary N) is 3. The standard InChI is InChI=1S/C13H23N3O2S/c1-4-16-19(17,18)13-7-5-12(6-8-13)15-10-11(2)9-14-3/h5-8,11,14-16H,4,9-10H2,1-3H3. The molecule has 0 aliphatic carbocycles. The first-order valence-corrected chi connectivity index (χ1v) is 7.96. The summed E-state index contributed by atoms with van der Waals surface area (Å²) >= 11 is 0. The van der Waals surface area contributed by atoms with Crippen molar-refractivity contribution in [3.8, 4) is 0 Å². The molecule has 0 spiro atoms. The third-order valence-electron chi connectivity index (χ3n) is 2.71. The maximum absolute atomic E-state index is 11.8. The van der Waals surface area contributed by atoms with E-state index < -0.39 is 10.0 Å². The fraction of sp³-hybridized carbons (Fsp3) is 0.538. The zero-order valence-electron chi connectivity index (χ0n) is 11.7. The molecule has 0 fully saturated rings. The molecule has 108 valence electrons. The Kier molecular flexibility index (Phi) is 6.27. The molecule has 0 bridgehead atoms. The van der Waals surface area contributed by atoms with E-state index in [0.29, 0.717) is 17.4 Å². The van der Waals surface area contributed by atoms with E-state index in [1.807, 2.05) is 7.05 Å². The minimum Gasteiger partial charge on any atom is -0.385 e. The van der Waals surface area contributed by atoms with Gasteiger partial charge in [0.1, 0.15) is 0 Å². The Bertz CT molecular complexity index is 471. The summed E-state index contributed by atoms with van der Waals surface area (Å²) in [5.41, 5.74) is 0.929. The number of hydrogen-bond acceptors (Lipinski definition) is 4. The summed E-state index contributed by atoms with van der Waals surface area (Å²) in [7, 11) is -1.43. The van der Waals surface area contributed by atoms with Crippen LogP contribution in [-0.2, 0) is 10.0 Å². The van der Waals surface area contributed by atoms with Gasteiger partial charge in [-0.25, -0.2) is 13.1 Å². The zero-order valence-corrected chi connectivity index (χ0v) is 12.5. The van der Waals surface area contributed by atoms with E-state index in [2.05, 4.69) is 22.3 Å². The molecule has 0 radical (unpaired) electrons. The van der Waals surface area contributed by atoms with Gasteiger partial charge in [0.2, 0.25) is 10.0 Å². The first kappa shape index (κ1) is 15.9. The fourth-order valence-corrected chi connectivity index (χ4v) is 2.78. The van der Waals surface area contributed by atoms with E-state index in [-0.39, 0.29) is 0 Å². The summed E-state index contributed by atoms with van der Waals surface area (Å²) in [6.07, 6.45) is 0. The van der Waals surface area contributed by atoms with Crippen LogP contribution in [0.15, 0.2) is 29.2 Å². The molecular formula is C13H23N3O2S. The predicted molar refractivity (Wildman–Crippen MR) is 78.9 cm³/mol. The molecule has 0 aromatic heterocycles. The molecule has 0 amide bonds. The van der Waals surface area contributed by atoms with Crippen molar-refractivity contribution in [1.29, 1.82) is 0 Å². The molecular weight excluding hydrogens is 262 g/mol. The largest absolute Gasteiger partial charge is 0.385 e. The highest BCUT2D eigenvalue weighted by molar-refractivity contribution is 7.89. The van der Waals surface area contributed by atoms with Gasteiger partial charge >= 0.3 is 0 Å². The third-order valence-corrected chi connectivity index (χ3v) is 4.27. The van der Waals surface area contributed by atoms with Crippen molar-refractivity contribution in [1.82, 2.24) is 10.0 Å². The van der Waals surface area contributed by atoms with E-state index in [4.69, 9.17) is 0 Å². The van der Waals surface area contributed by atoms with E-state index in [1.54, 1.807) is 31.2 Å². The minimum absolute atomic E-state index is 0.295. The molecule has 5 nitrogen and oxygen atoms in total. The highest BCUT2D eigenvalue weighted by atomic mass is 32.2. The van der Waals surface area contributed by atoms with Crippen LogP contribution in [0.4, 0.5) is 5.69 Å². The lowest BCUT2D eigenvalue weighted by molar-refractivity contribution is 0.569. The average Bonchev–Trinajstić information content (AvgIpc) is 2.37. The highest BCUT2D eigenvalue weighted by Crippen LogP contribution is 2.14. The topological polar surface area (TPSA) is 70.2 Å². The lowest BCUT2D eigenvalue weighted by Crippen LogP contribution is -2.23. The van der Waals surface area contributed by atoms with Gasteiger partial charge in [0.05, 0.1) is 4.90 Å². The van der Waals surface area contributed by atoms with Gasteiger partial charge in [-0.1, -0.05) is 13.8 Å². The second-order valence-electron chi connectivity index (χ2n) is 4.57. The second-order valence-corrected chi connectivity index (χ2v) is 6.34. The summed E-state index contributed by atoms with van der Waals surface area (Å²) in [5.74, 6) is 0.509. The Balaban J connectivity index is 2.62. The Morgan fingerprint density at radius 2 is 1.79 bits per heavy atom. The van der Waals surface area contributed by atoms with E-state index in [9.17, 15) is 8.42 Å². The van der Waals surface area contributed by atoms with Gasteiger partial charge in [-0.3, -0.25) is 0 Å². The monoisotopic (exact) mass is 285 g/mol. The maximum Gasteiger partial charge on any atom is 0.240 e. The number of hydrogen-bond donors (Lipinski definition) is 3. The normalized spacial score (nSPS) is 13.2. The molecule has 1 aromatic carbocycles. The predicted octanol–water partition coefficient (Wildman–Crippen LogP) is 1.25. The smallest absolute Gasteiger partial charge is 0.240 e. The Morgan fingerprint density at radius 3 is 2.32 bits per heavy atom. The van der Waals surface area contributed by atoms with E-state index in [1.165, 1.54) is 0 Å². The number of sulfonamides is 1. The van der Waals surface area contributed by atoms with Crippen molar-refractivity contribution in [2.75, 3.05) is 32.0 Å². The summed E-state index contributed by atoms with van der Waals surface area (Å²) in [6.45, 7) is 6.09. The van der Waals surface area contributed by atoms with Gasteiger partial charge in [0.25, 0.3) is 0 Å². The lowest BCUT2D eigenvalue weighted by Gasteiger charge is -2.13. The van der Waals surface area contributed by atoms with Crippen LogP contribution in [0.2, 0.25) is 0 Å². The van der Waals surface area contributed by atoms with Crippen LogP contribution in [0, 0.1) is 5.92 Å². The molecule has 1 atom stereocenters. The number of benzene rings is 1. The third kappa shape index (κ3) is 5.18. The van der Waals surface area contributed by atoms with Crippen LogP contribution in [-0.4, -0.2) is 35.1 Å². The molecule has 0 saturated heterocycles. The van der Waals surface area contributed by atoms with Crippen LogP contribution in [0.25, 0.3) is 0 Å². The van der Waals surface area contributed by atoms with Crippen molar-refractivity contribution >= 4 is 15.7 Å². The minimum atomic E-state index is -3.35. The zero-order chi connectivity index (χ0) is 14.3. The summed E-state index contributed by atoms with van der Waals surface area (Å²) in [6, 6.07) is 6.80. The fourth-order valence-electron chi connectivity index (χ4n) is 1.74. The first-order chi connectivity index (χ1) is 8.99. The van der Waals surface area contributed by atoms with Crippen molar-refractivity contribution in [2.24, 2.45) is 5.92 Å². The quantitative estimate of drug-likeness (QED) is 0.672. The van der Waals surface area contributed by atoms with Crippen molar-refractivity contribution in [3.63, 3.8) is 0 Å². The van der Waals surface area contributed by atoms with Crippen LogP contribution >= 0.6 is 0 Å². The van der Waals surface area contributed by atoms with Gasteiger partial charge < -0.3 is 10.6 Å². The number of rotatable bonds is 8. The SMILES string of the molecule is CCNS(=O)(=O)c1ccc(NCC(C)CNC)cc1. The van der Waals surface area contributed by atoms with Crippen LogP contribution in [0.1, 0.15) is 13.8 Å². The molecule has 0 saturated carbocycles. The summed E-state index contributed by atoms with van der Waals surface area (Å²) in [5, 5.41) is 6.40. The molecule has 1 aromatic rings. The molecule has 6 heteroatoms. The van der Waals surface area contributed by atoms with Crippen molar-refractivity contribution < 1.29 is 8.42 Å². The van der Waals surface area contributed by atoms with E-state index >= 15 is 0 Å². The van der Waals surface area contributed by atoms with Crippen LogP contribution < -0.4 is 15.4 Å². The average molecular weight is 285 g/mol. The molecule has 19 heavy (non-hydrogen) atoms. The molecule has 0 heterocycles. The lowest BCUT2D eigenvalue weighted by atomic mass is 10.2. The molecule has 0 aliphatic heterocycles. The van der Waals surface area contributed by atoms with Crippen LogP contribution in [0.3, 0.4) is 0 Å². The Hall–Kier alpha value is -1.11. The maximum atomic E-state index is 11.8. The highest BCUT2D eigenvalue weighted by Gasteiger charge is 2.11. The second kappa shape index (κ2) is 7.47. The van der Waals surface area contributed by atoms with E-state index in [0.717, 1.165) is 18.8 Å². The van der Waals surface area contributed by atoms with Gasteiger partial charge in [-0.05, 0) is 43.8 Å². The molecule has 3 N–H and O–H groups in total. The van der Waals surface area contributed by atoms with Gasteiger partial charge in [0.15, 0.2) is 0 Å². The Labute approximate surface area is 115 Å². The molecule has 1 unspecified atom stereocenters. The first-order valence-electron chi connectivity index (χ1n) is 6.47. The van der Waals surface area contributed by atoms with Gasteiger partial charge in [-0.2, -0.15) is 0 Å². The summed E-state index contributed by atoms with van der Waals surface area (Å²) < 4.78 is 26.0. The van der Waals surface area contributed by atoms with Gasteiger partial charge in [0, 0.05) is 18.8 Å². The van der Waals surface area contributed by atoms with Crippen molar-refractivity contribution in [2.45, 2.75) is 18.7 Å². The van der Waals surface area contributed by atoms with Crippen LogP contribution in [0.5, 0.6) is 0 Å². The Morgan fingerprint density at radius 1 is 1.16 bits per heavy atom. The van der Waals surface area contributed by atoms with Gasteiger partial charge in [-0.15, -0.1) is 0 Å². The summed E-state index contributed by atoms with van der Waals surface area (Å²) in [4.78, 5) is 0.295.